The van der Waals surface area contributed by atoms with Gasteiger partial charge in [0.25, 0.3) is 0 Å². The fourth-order valence-electron chi connectivity index (χ4n) is 4.76. The molecule has 142 valence electrons. The molecule has 2 aliphatic heterocycles. The Kier molecular flexibility index (Phi) is 4.04. The van der Waals surface area contributed by atoms with Crippen LogP contribution in [0.2, 0.25) is 0 Å². The van der Waals surface area contributed by atoms with E-state index >= 15 is 0 Å². The minimum atomic E-state index is 0.00184. The monoisotopic (exact) mass is 372 g/mol. The lowest BCUT2D eigenvalue weighted by atomic mass is 9.85. The largest absolute Gasteiger partial charge is 0.341 e. The number of hydrogen-bond acceptors (Lipinski definition) is 3. The van der Waals surface area contributed by atoms with Crippen molar-refractivity contribution in [3.05, 3.63) is 71.9 Å². The number of carbonyl (C=O) groups excluding carboxylic acids is 1. The third-order valence-electron chi connectivity index (χ3n) is 6.41. The molecule has 1 saturated heterocycles. The summed E-state index contributed by atoms with van der Waals surface area (Å²) < 4.78 is 2.33. The van der Waals surface area contributed by atoms with Crippen molar-refractivity contribution < 1.29 is 4.79 Å². The molecule has 1 atom stereocenters. The van der Waals surface area contributed by atoms with E-state index in [9.17, 15) is 4.79 Å². The minimum absolute atomic E-state index is 0.00184. The van der Waals surface area contributed by atoms with Gasteiger partial charge in [-0.1, -0.05) is 24.3 Å². The summed E-state index contributed by atoms with van der Waals surface area (Å²) in [4.78, 5) is 24.0. The first-order chi connectivity index (χ1) is 13.7. The van der Waals surface area contributed by atoms with Crippen LogP contribution in [0.3, 0.4) is 0 Å². The van der Waals surface area contributed by atoms with E-state index in [1.807, 2.05) is 35.5 Å². The number of hydrogen-bond donors (Lipinski definition) is 0. The zero-order valence-corrected chi connectivity index (χ0v) is 16.1. The van der Waals surface area contributed by atoms with Crippen molar-refractivity contribution in [2.24, 2.45) is 0 Å². The van der Waals surface area contributed by atoms with Crippen molar-refractivity contribution in [2.75, 3.05) is 13.1 Å². The first-order valence-corrected chi connectivity index (χ1v) is 9.95. The summed E-state index contributed by atoms with van der Waals surface area (Å²) in [5.74, 6) is 1.36. The predicted octanol–water partition coefficient (Wildman–Crippen LogP) is 3.37. The number of aryl methyl sites for hydroxylation is 1. The van der Waals surface area contributed by atoms with Crippen LogP contribution in [-0.2, 0) is 23.2 Å². The Hall–Kier alpha value is -2.95. The van der Waals surface area contributed by atoms with Gasteiger partial charge in [-0.15, -0.1) is 0 Å². The molecule has 3 aromatic rings. The highest BCUT2D eigenvalue weighted by Gasteiger charge is 2.47. The number of nitrogens with zero attached hydrogens (tertiary/aromatic N) is 4. The van der Waals surface area contributed by atoms with E-state index in [1.54, 1.807) is 6.20 Å². The maximum Gasteiger partial charge on any atom is 0.227 e. The Balaban J connectivity index is 1.36. The highest BCUT2D eigenvalue weighted by Crippen LogP contribution is 2.43. The van der Waals surface area contributed by atoms with Crippen molar-refractivity contribution in [2.45, 2.75) is 38.1 Å². The lowest BCUT2D eigenvalue weighted by Gasteiger charge is -2.23. The zero-order valence-electron chi connectivity index (χ0n) is 16.1. The molecular weight excluding hydrogens is 348 g/mol. The first kappa shape index (κ1) is 17.2. The van der Waals surface area contributed by atoms with Gasteiger partial charge in [-0.3, -0.25) is 9.78 Å². The van der Waals surface area contributed by atoms with Gasteiger partial charge in [0.15, 0.2) is 0 Å². The van der Waals surface area contributed by atoms with Crippen LogP contribution < -0.4 is 0 Å². The molecule has 1 aromatic carbocycles. The molecule has 0 bridgehead atoms. The smallest absolute Gasteiger partial charge is 0.227 e. The molecule has 0 N–H and O–H groups in total. The third kappa shape index (κ3) is 2.73. The Morgan fingerprint density at radius 3 is 2.79 bits per heavy atom. The fourth-order valence-corrected chi connectivity index (χ4v) is 4.76. The van der Waals surface area contributed by atoms with Crippen LogP contribution in [-0.4, -0.2) is 38.4 Å². The van der Waals surface area contributed by atoms with Crippen LogP contribution in [0.4, 0.5) is 0 Å². The van der Waals surface area contributed by atoms with Crippen LogP contribution in [0.15, 0.2) is 55.0 Å². The van der Waals surface area contributed by atoms with Crippen LogP contribution in [0.1, 0.15) is 29.8 Å². The normalized spacial score (nSPS) is 20.7. The summed E-state index contributed by atoms with van der Waals surface area (Å²) >= 11 is 0. The van der Waals surface area contributed by atoms with E-state index in [-0.39, 0.29) is 11.3 Å². The summed E-state index contributed by atoms with van der Waals surface area (Å²) in [6.07, 6.45) is 8.18. The number of carbonyl (C=O) groups is 1. The summed E-state index contributed by atoms with van der Waals surface area (Å²) in [7, 11) is 0. The lowest BCUT2D eigenvalue weighted by molar-refractivity contribution is -0.129. The standard InChI is InChI=1S/C23H24N4O/c1-17-5-2-3-6-18(17)13-21(28)26-11-8-23(16-26)9-12-27-20(15-25-22(23)27)19-7-4-10-24-14-19/h2-7,10,14-15H,8-9,11-13,16H2,1H3/t23-/m1/s1. The molecule has 1 spiro atoms. The number of rotatable bonds is 3. The molecule has 0 unspecified atom stereocenters. The molecule has 0 radical (unpaired) electrons. The highest BCUT2D eigenvalue weighted by atomic mass is 16.2. The molecule has 5 rings (SSSR count). The van der Waals surface area contributed by atoms with Gasteiger partial charge >= 0.3 is 0 Å². The molecule has 28 heavy (non-hydrogen) atoms. The third-order valence-corrected chi connectivity index (χ3v) is 6.41. The molecule has 5 heteroatoms. The van der Waals surface area contributed by atoms with E-state index < -0.39 is 0 Å². The number of fused-ring (bicyclic) bond motifs is 2. The summed E-state index contributed by atoms with van der Waals surface area (Å²) in [5, 5.41) is 0. The van der Waals surface area contributed by atoms with Gasteiger partial charge in [0.05, 0.1) is 18.3 Å². The number of benzene rings is 1. The predicted molar refractivity (Wildman–Crippen MR) is 108 cm³/mol. The maximum absolute atomic E-state index is 12.9. The summed E-state index contributed by atoms with van der Waals surface area (Å²) in [6.45, 7) is 4.63. The Morgan fingerprint density at radius 1 is 1.11 bits per heavy atom. The number of aromatic nitrogens is 3. The van der Waals surface area contributed by atoms with Crippen molar-refractivity contribution in [3.8, 4) is 11.3 Å². The van der Waals surface area contributed by atoms with Gasteiger partial charge in [0.1, 0.15) is 5.82 Å². The average Bonchev–Trinajstić information content (AvgIpc) is 3.42. The molecule has 1 amide bonds. The highest BCUT2D eigenvalue weighted by molar-refractivity contribution is 5.79. The minimum Gasteiger partial charge on any atom is -0.341 e. The molecule has 2 aliphatic rings. The van der Waals surface area contributed by atoms with Crippen molar-refractivity contribution in [3.63, 3.8) is 0 Å². The molecule has 2 aromatic heterocycles. The second kappa shape index (κ2) is 6.59. The Labute approximate surface area is 165 Å². The van der Waals surface area contributed by atoms with Crippen molar-refractivity contribution in [1.29, 1.82) is 0 Å². The topological polar surface area (TPSA) is 51.0 Å². The van der Waals surface area contributed by atoms with E-state index in [0.717, 1.165) is 55.1 Å². The van der Waals surface area contributed by atoms with E-state index in [2.05, 4.69) is 34.7 Å². The molecular formula is C23H24N4O. The van der Waals surface area contributed by atoms with E-state index in [1.165, 1.54) is 5.56 Å². The number of imidazole rings is 1. The van der Waals surface area contributed by atoms with Crippen LogP contribution in [0.5, 0.6) is 0 Å². The molecule has 0 saturated carbocycles. The fraction of sp³-hybridized carbons (Fsp3) is 0.348. The Morgan fingerprint density at radius 2 is 1.96 bits per heavy atom. The summed E-state index contributed by atoms with van der Waals surface area (Å²) in [6, 6.07) is 12.2. The zero-order chi connectivity index (χ0) is 19.1. The average molecular weight is 372 g/mol. The van der Waals surface area contributed by atoms with Crippen molar-refractivity contribution in [1.82, 2.24) is 19.4 Å². The SMILES string of the molecule is Cc1ccccc1CC(=O)N1CC[C@@]2(CCn3c(-c4cccnc4)cnc32)C1. The van der Waals surface area contributed by atoms with Gasteiger partial charge in [-0.2, -0.15) is 0 Å². The Bertz CT molecular complexity index is 1030. The van der Waals surface area contributed by atoms with Gasteiger partial charge in [0, 0.05) is 43.0 Å². The van der Waals surface area contributed by atoms with Crippen molar-refractivity contribution >= 4 is 5.91 Å². The molecule has 0 aliphatic carbocycles. The van der Waals surface area contributed by atoms with Gasteiger partial charge in [-0.05, 0) is 43.0 Å². The maximum atomic E-state index is 12.9. The second-order valence-electron chi connectivity index (χ2n) is 8.06. The quantitative estimate of drug-likeness (QED) is 0.708. The number of amides is 1. The summed E-state index contributed by atoms with van der Waals surface area (Å²) in [5.41, 5.74) is 4.54. The van der Waals surface area contributed by atoms with Crippen LogP contribution >= 0.6 is 0 Å². The van der Waals surface area contributed by atoms with Crippen LogP contribution in [0.25, 0.3) is 11.3 Å². The van der Waals surface area contributed by atoms with Gasteiger partial charge in [-0.25, -0.2) is 4.98 Å². The number of likely N-dealkylation sites (tertiary alicyclic amines) is 1. The first-order valence-electron chi connectivity index (χ1n) is 9.95. The molecule has 1 fully saturated rings. The van der Waals surface area contributed by atoms with E-state index in [0.29, 0.717) is 6.42 Å². The van der Waals surface area contributed by atoms with Gasteiger partial charge < -0.3 is 9.47 Å². The van der Waals surface area contributed by atoms with Gasteiger partial charge in [0.2, 0.25) is 5.91 Å². The van der Waals surface area contributed by atoms with E-state index in [4.69, 9.17) is 4.98 Å². The number of pyridine rings is 1. The molecule has 4 heterocycles. The second-order valence-corrected chi connectivity index (χ2v) is 8.06. The molecule has 5 nitrogen and oxygen atoms in total. The lowest BCUT2D eigenvalue weighted by Crippen LogP contribution is -2.34. The van der Waals surface area contributed by atoms with Crippen LogP contribution in [0, 0.1) is 6.92 Å².